The van der Waals surface area contributed by atoms with Crippen molar-refractivity contribution in [3.05, 3.63) is 65.4 Å². The van der Waals surface area contributed by atoms with Gasteiger partial charge in [-0.1, -0.05) is 36.4 Å². The van der Waals surface area contributed by atoms with Gasteiger partial charge in [-0.25, -0.2) is 9.59 Å². The predicted octanol–water partition coefficient (Wildman–Crippen LogP) is 3.56. The lowest BCUT2D eigenvalue weighted by Crippen LogP contribution is -2.48. The maximum Gasteiger partial charge on any atom is 0.356 e. The number of aliphatic hydroxyl groups is 1. The normalized spacial score (nSPS) is 11.5. The van der Waals surface area contributed by atoms with Crippen molar-refractivity contribution in [2.45, 2.75) is 33.3 Å². The number of aromatic nitrogens is 1. The van der Waals surface area contributed by atoms with Gasteiger partial charge < -0.3 is 19.1 Å². The van der Waals surface area contributed by atoms with E-state index in [-0.39, 0.29) is 18.9 Å². The van der Waals surface area contributed by atoms with E-state index < -0.39 is 17.5 Å². The number of benzene rings is 2. The predicted molar refractivity (Wildman–Crippen MR) is 110 cm³/mol. The van der Waals surface area contributed by atoms with Crippen LogP contribution in [0.25, 0.3) is 16.6 Å². The molecule has 152 valence electrons. The minimum Gasteiger partial charge on any atom is -0.463 e. The number of hydrogen-bond donors (Lipinski definition) is 1. The lowest BCUT2D eigenvalue weighted by atomic mass is 9.95. The number of ether oxygens (including phenoxy) is 2. The maximum atomic E-state index is 12.9. The highest BCUT2D eigenvalue weighted by atomic mass is 16.6. The Kier molecular flexibility index (Phi) is 5.75. The second-order valence-electron chi connectivity index (χ2n) is 6.76. The molecule has 0 spiro atoms. The van der Waals surface area contributed by atoms with E-state index in [0.29, 0.717) is 5.56 Å². The summed E-state index contributed by atoms with van der Waals surface area (Å²) >= 11 is 0. The molecule has 0 fully saturated rings. The van der Waals surface area contributed by atoms with Gasteiger partial charge in [-0.3, -0.25) is 0 Å². The molecule has 1 aromatic heterocycles. The van der Waals surface area contributed by atoms with Crippen molar-refractivity contribution in [2.75, 3.05) is 13.2 Å². The molecule has 3 aromatic rings. The number of carbonyl (C=O) groups is 2. The molecule has 0 aliphatic rings. The van der Waals surface area contributed by atoms with Crippen molar-refractivity contribution < 1.29 is 24.2 Å². The van der Waals surface area contributed by atoms with E-state index in [2.05, 4.69) is 0 Å². The van der Waals surface area contributed by atoms with Crippen LogP contribution in [0.1, 0.15) is 30.7 Å². The van der Waals surface area contributed by atoms with Gasteiger partial charge in [-0.05, 0) is 51.0 Å². The Balaban J connectivity index is 2.45. The van der Waals surface area contributed by atoms with Crippen molar-refractivity contribution in [1.82, 2.24) is 4.57 Å². The van der Waals surface area contributed by atoms with Crippen molar-refractivity contribution in [3.8, 4) is 5.69 Å². The summed E-state index contributed by atoms with van der Waals surface area (Å²) in [6.07, 6.45) is 0. The lowest BCUT2D eigenvalue weighted by molar-refractivity contribution is -0.185. The SMILES string of the molecule is CCOC(=O)C(O)(C(=O)OCC)c1c(C)c2ccccc2n1-c1ccccc1C. The zero-order valence-electron chi connectivity index (χ0n) is 17.1. The molecule has 0 aliphatic carbocycles. The number of para-hydroxylation sites is 2. The summed E-state index contributed by atoms with van der Waals surface area (Å²) in [6, 6.07) is 15.1. The fraction of sp³-hybridized carbons (Fsp3) is 0.304. The molecule has 1 heterocycles. The van der Waals surface area contributed by atoms with Crippen LogP contribution in [-0.4, -0.2) is 34.8 Å². The van der Waals surface area contributed by atoms with Crippen LogP contribution in [0.5, 0.6) is 0 Å². The standard InChI is InChI=1S/C23H25NO5/c1-5-28-21(25)23(27,22(26)29-6-2)20-16(4)17-12-8-10-14-19(17)24(20)18-13-9-7-11-15(18)3/h7-14,27H,5-6H2,1-4H3. The van der Waals surface area contributed by atoms with Crippen LogP contribution in [0.3, 0.4) is 0 Å². The first-order valence-electron chi connectivity index (χ1n) is 9.61. The molecule has 0 saturated heterocycles. The average molecular weight is 395 g/mol. The van der Waals surface area contributed by atoms with Crippen LogP contribution >= 0.6 is 0 Å². The fourth-order valence-corrected chi connectivity index (χ4v) is 3.65. The van der Waals surface area contributed by atoms with E-state index in [1.165, 1.54) is 0 Å². The Hall–Kier alpha value is -3.12. The van der Waals surface area contributed by atoms with Gasteiger partial charge in [0.2, 0.25) is 0 Å². The van der Waals surface area contributed by atoms with Crippen LogP contribution in [0.4, 0.5) is 0 Å². The van der Waals surface area contributed by atoms with Crippen LogP contribution < -0.4 is 0 Å². The number of nitrogens with zero attached hydrogens (tertiary/aromatic N) is 1. The third kappa shape index (κ3) is 3.29. The molecule has 6 nitrogen and oxygen atoms in total. The molecular weight excluding hydrogens is 370 g/mol. The van der Waals surface area contributed by atoms with Crippen LogP contribution in [-0.2, 0) is 24.7 Å². The summed E-state index contributed by atoms with van der Waals surface area (Å²) in [5.74, 6) is -2.11. The molecule has 0 saturated carbocycles. The molecule has 0 unspecified atom stereocenters. The van der Waals surface area contributed by atoms with Gasteiger partial charge in [0.05, 0.1) is 24.4 Å². The van der Waals surface area contributed by atoms with E-state index in [4.69, 9.17) is 9.47 Å². The molecule has 0 radical (unpaired) electrons. The second-order valence-corrected chi connectivity index (χ2v) is 6.76. The molecule has 6 heteroatoms. The first-order chi connectivity index (χ1) is 13.9. The largest absolute Gasteiger partial charge is 0.463 e. The highest BCUT2D eigenvalue weighted by molar-refractivity contribution is 6.06. The summed E-state index contributed by atoms with van der Waals surface area (Å²) in [5, 5.41) is 12.3. The third-order valence-electron chi connectivity index (χ3n) is 4.97. The Morgan fingerprint density at radius 2 is 1.48 bits per heavy atom. The molecule has 0 atom stereocenters. The van der Waals surface area contributed by atoms with Gasteiger partial charge in [-0.15, -0.1) is 0 Å². The van der Waals surface area contributed by atoms with Gasteiger partial charge in [0.15, 0.2) is 0 Å². The maximum absolute atomic E-state index is 12.9. The highest BCUT2D eigenvalue weighted by Crippen LogP contribution is 2.38. The molecule has 0 bridgehead atoms. The van der Waals surface area contributed by atoms with Crippen molar-refractivity contribution in [3.63, 3.8) is 0 Å². The molecule has 1 N–H and O–H groups in total. The first kappa shape index (κ1) is 20.6. The minimum atomic E-state index is -2.60. The van der Waals surface area contributed by atoms with Gasteiger partial charge in [0, 0.05) is 11.1 Å². The zero-order chi connectivity index (χ0) is 21.2. The number of aryl methyl sites for hydroxylation is 2. The molecule has 29 heavy (non-hydrogen) atoms. The number of rotatable bonds is 6. The van der Waals surface area contributed by atoms with E-state index in [0.717, 1.165) is 22.2 Å². The van der Waals surface area contributed by atoms with Crippen LogP contribution in [0.15, 0.2) is 48.5 Å². The Morgan fingerprint density at radius 1 is 0.931 bits per heavy atom. The quantitative estimate of drug-likeness (QED) is 0.510. The van der Waals surface area contributed by atoms with Crippen molar-refractivity contribution in [1.29, 1.82) is 0 Å². The van der Waals surface area contributed by atoms with Gasteiger partial charge in [-0.2, -0.15) is 0 Å². The Morgan fingerprint density at radius 3 is 2.07 bits per heavy atom. The smallest absolute Gasteiger partial charge is 0.356 e. The third-order valence-corrected chi connectivity index (χ3v) is 4.97. The topological polar surface area (TPSA) is 77.8 Å². The van der Waals surface area contributed by atoms with E-state index in [1.807, 2.05) is 55.5 Å². The van der Waals surface area contributed by atoms with Crippen LogP contribution in [0, 0.1) is 13.8 Å². The number of esters is 2. The summed E-state index contributed by atoms with van der Waals surface area (Å²) in [7, 11) is 0. The summed E-state index contributed by atoms with van der Waals surface area (Å²) in [5.41, 5.74) is 0.569. The minimum absolute atomic E-state index is 0.0180. The summed E-state index contributed by atoms with van der Waals surface area (Å²) in [4.78, 5) is 25.8. The molecular formula is C23H25NO5. The Labute approximate surface area is 169 Å². The van der Waals surface area contributed by atoms with Crippen molar-refractivity contribution in [2.24, 2.45) is 0 Å². The molecule has 0 amide bonds. The van der Waals surface area contributed by atoms with E-state index >= 15 is 0 Å². The van der Waals surface area contributed by atoms with E-state index in [9.17, 15) is 14.7 Å². The number of fused-ring (bicyclic) bond motifs is 1. The zero-order valence-corrected chi connectivity index (χ0v) is 17.1. The number of carbonyl (C=O) groups excluding carboxylic acids is 2. The first-order valence-corrected chi connectivity index (χ1v) is 9.61. The molecule has 0 aliphatic heterocycles. The van der Waals surface area contributed by atoms with E-state index in [1.54, 1.807) is 25.3 Å². The highest BCUT2D eigenvalue weighted by Gasteiger charge is 2.53. The summed E-state index contributed by atoms with van der Waals surface area (Å²) < 4.78 is 11.9. The summed E-state index contributed by atoms with van der Waals surface area (Å²) in [6.45, 7) is 6.97. The molecule has 3 rings (SSSR count). The number of hydrogen-bond acceptors (Lipinski definition) is 5. The van der Waals surface area contributed by atoms with Gasteiger partial charge in [0.25, 0.3) is 0 Å². The van der Waals surface area contributed by atoms with Gasteiger partial charge in [0.1, 0.15) is 0 Å². The van der Waals surface area contributed by atoms with Gasteiger partial charge >= 0.3 is 17.5 Å². The monoisotopic (exact) mass is 395 g/mol. The van der Waals surface area contributed by atoms with Crippen molar-refractivity contribution >= 4 is 22.8 Å². The lowest BCUT2D eigenvalue weighted by Gasteiger charge is -2.27. The molecule has 2 aromatic carbocycles. The van der Waals surface area contributed by atoms with Crippen LogP contribution in [0.2, 0.25) is 0 Å². The average Bonchev–Trinajstić information content (AvgIpc) is 3.01. The fourth-order valence-electron chi connectivity index (χ4n) is 3.65. The Bertz CT molecular complexity index is 1050. The second kappa shape index (κ2) is 8.09.